The van der Waals surface area contributed by atoms with E-state index in [2.05, 4.69) is 39.9 Å². The van der Waals surface area contributed by atoms with Crippen LogP contribution in [0.3, 0.4) is 0 Å². The van der Waals surface area contributed by atoms with E-state index in [1.54, 1.807) is 7.11 Å². The molecule has 0 bridgehead atoms. The number of nitrogens with one attached hydrogen (secondary N) is 1. The van der Waals surface area contributed by atoms with Gasteiger partial charge in [-0.3, -0.25) is 0 Å². The molecule has 98 valence electrons. The van der Waals surface area contributed by atoms with Crippen LogP contribution < -0.4 is 5.32 Å². The van der Waals surface area contributed by atoms with Crippen molar-refractivity contribution in [3.63, 3.8) is 0 Å². The summed E-state index contributed by atoms with van der Waals surface area (Å²) >= 11 is 5.83. The Morgan fingerprint density at radius 1 is 1.19 bits per heavy atom. The Bertz CT molecular complexity index is 187. The summed E-state index contributed by atoms with van der Waals surface area (Å²) in [6.07, 6.45) is 2.02. The highest BCUT2D eigenvalue weighted by Gasteiger charge is 2.24. The predicted molar refractivity (Wildman–Crippen MR) is 72.3 cm³/mol. The van der Waals surface area contributed by atoms with Crippen molar-refractivity contribution in [3.05, 3.63) is 0 Å². The average Bonchev–Trinajstić information content (AvgIpc) is 2.15. The smallest absolute Gasteiger partial charge is 0.0634 e. The summed E-state index contributed by atoms with van der Waals surface area (Å²) in [6, 6.07) is 0.470. The Morgan fingerprint density at radius 3 is 2.12 bits per heavy atom. The van der Waals surface area contributed by atoms with Crippen molar-refractivity contribution in [2.45, 2.75) is 59.1 Å². The van der Waals surface area contributed by atoms with Gasteiger partial charge in [0.1, 0.15) is 0 Å². The van der Waals surface area contributed by atoms with Crippen LogP contribution in [0.1, 0.15) is 47.5 Å². The van der Waals surface area contributed by atoms with Crippen LogP contribution >= 0.6 is 11.6 Å². The molecule has 0 radical (unpaired) electrons. The van der Waals surface area contributed by atoms with Crippen LogP contribution in [0.4, 0.5) is 0 Å². The largest absolute Gasteiger partial charge is 0.379 e. The molecule has 0 rings (SSSR count). The first kappa shape index (κ1) is 16.2. The number of halogens is 1. The van der Waals surface area contributed by atoms with Gasteiger partial charge in [-0.25, -0.2) is 0 Å². The second-order valence-electron chi connectivity index (χ2n) is 6.06. The van der Waals surface area contributed by atoms with Gasteiger partial charge < -0.3 is 10.1 Å². The third-order valence-electron chi connectivity index (χ3n) is 3.11. The molecule has 0 saturated heterocycles. The lowest BCUT2D eigenvalue weighted by Gasteiger charge is -2.32. The maximum Gasteiger partial charge on any atom is 0.0634 e. The van der Waals surface area contributed by atoms with Crippen molar-refractivity contribution in [1.82, 2.24) is 5.32 Å². The molecule has 2 nitrogen and oxygen atoms in total. The lowest BCUT2D eigenvalue weighted by atomic mass is 9.85. The molecule has 0 aliphatic rings. The minimum atomic E-state index is -0.0452. The highest BCUT2D eigenvalue weighted by Crippen LogP contribution is 2.22. The van der Waals surface area contributed by atoms with Gasteiger partial charge in [-0.05, 0) is 38.6 Å². The van der Waals surface area contributed by atoms with Crippen molar-refractivity contribution in [1.29, 1.82) is 0 Å². The SMILES string of the molecule is COC(C)(C)CCNC(CCCl)C(C)(C)C. The maximum absolute atomic E-state index is 5.83. The highest BCUT2D eigenvalue weighted by atomic mass is 35.5. The van der Waals surface area contributed by atoms with Gasteiger partial charge in [-0.1, -0.05) is 20.8 Å². The quantitative estimate of drug-likeness (QED) is 0.698. The Hall–Kier alpha value is 0.210. The predicted octanol–water partition coefficient (Wildman–Crippen LogP) is 3.43. The zero-order valence-corrected chi connectivity index (χ0v) is 12.4. The maximum atomic E-state index is 5.83. The van der Waals surface area contributed by atoms with Gasteiger partial charge in [-0.15, -0.1) is 11.6 Å². The molecule has 0 aromatic carbocycles. The summed E-state index contributed by atoms with van der Waals surface area (Å²) in [7, 11) is 1.76. The number of ether oxygens (including phenoxy) is 1. The van der Waals surface area contributed by atoms with Crippen LogP contribution in [0.15, 0.2) is 0 Å². The van der Waals surface area contributed by atoms with E-state index in [1.165, 1.54) is 0 Å². The van der Waals surface area contributed by atoms with Crippen LogP contribution in [-0.2, 0) is 4.74 Å². The minimum Gasteiger partial charge on any atom is -0.379 e. The summed E-state index contributed by atoms with van der Waals surface area (Å²) in [4.78, 5) is 0. The molecule has 0 saturated carbocycles. The number of hydrogen-bond acceptors (Lipinski definition) is 2. The van der Waals surface area contributed by atoms with Gasteiger partial charge in [0.25, 0.3) is 0 Å². The monoisotopic (exact) mass is 249 g/mol. The van der Waals surface area contributed by atoms with E-state index in [1.807, 2.05) is 0 Å². The van der Waals surface area contributed by atoms with Gasteiger partial charge in [0, 0.05) is 19.0 Å². The lowest BCUT2D eigenvalue weighted by Crippen LogP contribution is -2.42. The standard InChI is InChI=1S/C13H28ClNO/c1-12(2,3)11(7-9-14)15-10-8-13(4,5)16-6/h11,15H,7-10H2,1-6H3. The third kappa shape index (κ3) is 6.72. The van der Waals surface area contributed by atoms with Crippen molar-refractivity contribution in [2.75, 3.05) is 19.5 Å². The molecule has 0 amide bonds. The molecule has 0 aromatic rings. The van der Waals surface area contributed by atoms with Crippen molar-refractivity contribution >= 4 is 11.6 Å². The van der Waals surface area contributed by atoms with E-state index >= 15 is 0 Å². The van der Waals surface area contributed by atoms with Crippen LogP contribution in [0, 0.1) is 5.41 Å². The molecule has 0 spiro atoms. The van der Waals surface area contributed by atoms with Gasteiger partial charge in [0.2, 0.25) is 0 Å². The normalized spacial score (nSPS) is 15.2. The third-order valence-corrected chi connectivity index (χ3v) is 3.33. The molecule has 16 heavy (non-hydrogen) atoms. The van der Waals surface area contributed by atoms with Crippen LogP contribution in [-0.4, -0.2) is 31.2 Å². The minimum absolute atomic E-state index is 0.0452. The average molecular weight is 250 g/mol. The summed E-state index contributed by atoms with van der Waals surface area (Å²) in [5.41, 5.74) is 0.211. The van der Waals surface area contributed by atoms with Crippen LogP contribution in [0.2, 0.25) is 0 Å². The Morgan fingerprint density at radius 2 is 1.75 bits per heavy atom. The first-order valence-electron chi connectivity index (χ1n) is 6.07. The number of alkyl halides is 1. The molecule has 1 atom stereocenters. The van der Waals surface area contributed by atoms with Crippen molar-refractivity contribution in [2.24, 2.45) is 5.41 Å². The molecule has 0 aliphatic carbocycles. The fourth-order valence-corrected chi connectivity index (χ4v) is 1.82. The van der Waals surface area contributed by atoms with Crippen LogP contribution in [0.5, 0.6) is 0 Å². The molecule has 1 unspecified atom stereocenters. The molecule has 3 heteroatoms. The van der Waals surface area contributed by atoms with Gasteiger partial charge in [-0.2, -0.15) is 0 Å². The second-order valence-corrected chi connectivity index (χ2v) is 6.44. The molecule has 0 aromatic heterocycles. The Kier molecular flexibility index (Phi) is 6.92. The number of rotatable bonds is 7. The summed E-state index contributed by atoms with van der Waals surface area (Å²) in [5.74, 6) is 0.711. The summed E-state index contributed by atoms with van der Waals surface area (Å²) in [5, 5.41) is 3.59. The first-order chi connectivity index (χ1) is 7.23. The van der Waals surface area contributed by atoms with Gasteiger partial charge >= 0.3 is 0 Å². The van der Waals surface area contributed by atoms with E-state index < -0.39 is 0 Å². The zero-order valence-electron chi connectivity index (χ0n) is 11.7. The highest BCUT2D eigenvalue weighted by molar-refractivity contribution is 6.17. The summed E-state index contributed by atoms with van der Waals surface area (Å²) < 4.78 is 5.40. The zero-order chi connectivity index (χ0) is 12.8. The number of methoxy groups -OCH3 is 1. The molecule has 1 N–H and O–H groups in total. The van der Waals surface area contributed by atoms with E-state index in [9.17, 15) is 0 Å². The van der Waals surface area contributed by atoms with Gasteiger partial charge in [0.15, 0.2) is 0 Å². The Balaban J connectivity index is 4.04. The second kappa shape index (κ2) is 6.83. The molecular weight excluding hydrogens is 222 g/mol. The van der Waals surface area contributed by atoms with Crippen molar-refractivity contribution in [3.8, 4) is 0 Å². The van der Waals surface area contributed by atoms with Crippen LogP contribution in [0.25, 0.3) is 0 Å². The van der Waals surface area contributed by atoms with E-state index in [4.69, 9.17) is 16.3 Å². The first-order valence-corrected chi connectivity index (χ1v) is 6.61. The fraction of sp³-hybridized carbons (Fsp3) is 1.00. The molecule has 0 fully saturated rings. The molecule has 0 aliphatic heterocycles. The van der Waals surface area contributed by atoms with Gasteiger partial charge in [0.05, 0.1) is 5.60 Å². The van der Waals surface area contributed by atoms with E-state index in [-0.39, 0.29) is 11.0 Å². The molecule has 0 heterocycles. The van der Waals surface area contributed by atoms with E-state index in [0.29, 0.717) is 11.9 Å². The molecular formula is C13H28ClNO. The lowest BCUT2D eigenvalue weighted by molar-refractivity contribution is 0.0144. The number of hydrogen-bond donors (Lipinski definition) is 1. The Labute approximate surface area is 106 Å². The van der Waals surface area contributed by atoms with E-state index in [0.717, 1.165) is 19.4 Å². The topological polar surface area (TPSA) is 21.3 Å². The van der Waals surface area contributed by atoms with Crippen molar-refractivity contribution < 1.29 is 4.74 Å². The summed E-state index contributed by atoms with van der Waals surface area (Å²) in [6.45, 7) is 11.9. The fourth-order valence-electron chi connectivity index (χ4n) is 1.60.